The first kappa shape index (κ1) is 13.8. The van der Waals surface area contributed by atoms with E-state index in [4.69, 9.17) is 4.74 Å². The van der Waals surface area contributed by atoms with Gasteiger partial charge in [0.15, 0.2) is 0 Å². The van der Waals surface area contributed by atoms with E-state index < -0.39 is 6.09 Å². The molecule has 0 spiro atoms. The smallest absolute Gasteiger partial charge is 0.410 e. The number of carbonyl (C=O) groups excluding carboxylic acids is 2. The van der Waals surface area contributed by atoms with Gasteiger partial charge in [0.05, 0.1) is 5.92 Å². The standard InChI is InChI=1S/C12H20NO4/c1-2-8-13-12(15)17-9-16-11(14)10-6-4-3-5-7-10/h10H,1-9H2,(H,13,15). The Morgan fingerprint density at radius 3 is 2.53 bits per heavy atom. The summed E-state index contributed by atoms with van der Waals surface area (Å²) in [4.78, 5) is 22.6. The third-order valence-corrected chi connectivity index (χ3v) is 2.78. The molecule has 1 fully saturated rings. The first-order valence-electron chi connectivity index (χ1n) is 6.10. The average Bonchev–Trinajstić information content (AvgIpc) is 2.37. The second kappa shape index (κ2) is 7.92. The normalized spacial score (nSPS) is 16.3. The molecule has 0 unspecified atom stereocenters. The molecule has 1 aliphatic carbocycles. The molecule has 0 aromatic carbocycles. The maximum absolute atomic E-state index is 11.5. The van der Waals surface area contributed by atoms with Crippen molar-refractivity contribution in [3.63, 3.8) is 0 Å². The molecule has 0 aromatic rings. The molecule has 1 radical (unpaired) electrons. The Kier molecular flexibility index (Phi) is 6.43. The lowest BCUT2D eigenvalue weighted by Gasteiger charge is -2.19. The van der Waals surface area contributed by atoms with E-state index in [2.05, 4.69) is 17.0 Å². The molecule has 1 amide bonds. The summed E-state index contributed by atoms with van der Waals surface area (Å²) in [6, 6.07) is 0. The largest absolute Gasteiger partial charge is 0.428 e. The van der Waals surface area contributed by atoms with E-state index in [1.54, 1.807) is 0 Å². The molecule has 1 saturated carbocycles. The molecule has 1 rings (SSSR count). The number of hydrogen-bond donors (Lipinski definition) is 1. The number of ether oxygens (including phenoxy) is 2. The quantitative estimate of drug-likeness (QED) is 0.591. The van der Waals surface area contributed by atoms with E-state index in [-0.39, 0.29) is 18.7 Å². The Hall–Kier alpha value is -1.26. The summed E-state index contributed by atoms with van der Waals surface area (Å²) in [6.07, 6.45) is 5.11. The van der Waals surface area contributed by atoms with E-state index in [0.29, 0.717) is 13.0 Å². The maximum atomic E-state index is 11.5. The monoisotopic (exact) mass is 242 g/mol. The number of esters is 1. The highest BCUT2D eigenvalue weighted by molar-refractivity contribution is 5.72. The van der Waals surface area contributed by atoms with Crippen molar-refractivity contribution in [1.29, 1.82) is 0 Å². The summed E-state index contributed by atoms with van der Waals surface area (Å²) in [7, 11) is 0. The second-order valence-corrected chi connectivity index (χ2v) is 4.13. The van der Waals surface area contributed by atoms with Gasteiger partial charge in [-0.1, -0.05) is 26.2 Å². The predicted molar refractivity (Wildman–Crippen MR) is 62.0 cm³/mol. The van der Waals surface area contributed by atoms with Gasteiger partial charge in [0.25, 0.3) is 0 Å². The summed E-state index contributed by atoms with van der Waals surface area (Å²) in [5.74, 6) is -0.273. The van der Waals surface area contributed by atoms with Crippen molar-refractivity contribution < 1.29 is 19.1 Å². The minimum atomic E-state index is -0.579. The van der Waals surface area contributed by atoms with Gasteiger partial charge in [0.1, 0.15) is 0 Å². The maximum Gasteiger partial charge on any atom is 0.410 e. The van der Waals surface area contributed by atoms with Crippen molar-refractivity contribution in [3.05, 3.63) is 6.92 Å². The SMILES string of the molecule is [CH2]CCNC(=O)OCOC(=O)C1CCCCC1. The lowest BCUT2D eigenvalue weighted by atomic mass is 9.89. The van der Waals surface area contributed by atoms with Gasteiger partial charge in [-0.15, -0.1) is 0 Å². The molecule has 5 nitrogen and oxygen atoms in total. The topological polar surface area (TPSA) is 64.6 Å². The molecule has 0 heterocycles. The van der Waals surface area contributed by atoms with Gasteiger partial charge in [-0.2, -0.15) is 0 Å². The van der Waals surface area contributed by atoms with Crippen LogP contribution < -0.4 is 5.32 Å². The number of rotatable bonds is 5. The molecule has 97 valence electrons. The first-order valence-corrected chi connectivity index (χ1v) is 6.10. The van der Waals surface area contributed by atoms with Crippen molar-refractivity contribution in [2.45, 2.75) is 38.5 Å². The van der Waals surface area contributed by atoms with Crippen LogP contribution in [0.3, 0.4) is 0 Å². The number of alkyl carbamates (subject to hydrolysis) is 1. The molecular formula is C12H20NO4. The highest BCUT2D eigenvalue weighted by atomic mass is 16.7. The van der Waals surface area contributed by atoms with Gasteiger partial charge in [0.2, 0.25) is 6.79 Å². The highest BCUT2D eigenvalue weighted by Gasteiger charge is 2.22. The number of nitrogens with one attached hydrogen (secondary N) is 1. The number of hydrogen-bond acceptors (Lipinski definition) is 4. The lowest BCUT2D eigenvalue weighted by Crippen LogP contribution is -2.28. The molecular weight excluding hydrogens is 222 g/mol. The summed E-state index contributed by atoms with van der Waals surface area (Å²) < 4.78 is 9.58. The first-order chi connectivity index (χ1) is 8.24. The number of carbonyl (C=O) groups is 2. The highest BCUT2D eigenvalue weighted by Crippen LogP contribution is 2.24. The summed E-state index contributed by atoms with van der Waals surface area (Å²) in [5, 5.41) is 2.47. The van der Waals surface area contributed by atoms with Crippen LogP contribution in [-0.4, -0.2) is 25.4 Å². The zero-order valence-electron chi connectivity index (χ0n) is 10.1. The van der Waals surface area contributed by atoms with E-state index in [1.807, 2.05) is 0 Å². The van der Waals surface area contributed by atoms with E-state index in [9.17, 15) is 9.59 Å². The molecule has 0 aliphatic heterocycles. The molecule has 1 N–H and O–H groups in total. The minimum absolute atomic E-state index is 0.0183. The minimum Gasteiger partial charge on any atom is -0.428 e. The Morgan fingerprint density at radius 2 is 1.88 bits per heavy atom. The molecule has 0 atom stereocenters. The predicted octanol–water partition coefficient (Wildman–Crippen LogP) is 2.02. The van der Waals surface area contributed by atoms with Crippen LogP contribution in [0.25, 0.3) is 0 Å². The van der Waals surface area contributed by atoms with Crippen LogP contribution in [0, 0.1) is 12.8 Å². The molecule has 1 aliphatic rings. The Balaban J connectivity index is 2.08. The van der Waals surface area contributed by atoms with Gasteiger partial charge in [-0.25, -0.2) is 4.79 Å². The molecule has 17 heavy (non-hydrogen) atoms. The van der Waals surface area contributed by atoms with Gasteiger partial charge in [-0.05, 0) is 19.3 Å². The molecule has 0 bridgehead atoms. The van der Waals surface area contributed by atoms with Crippen LogP contribution in [0.5, 0.6) is 0 Å². The zero-order chi connectivity index (χ0) is 12.5. The lowest BCUT2D eigenvalue weighted by molar-refractivity contribution is -0.157. The van der Waals surface area contributed by atoms with Crippen molar-refractivity contribution in [2.75, 3.05) is 13.3 Å². The average molecular weight is 242 g/mol. The number of amides is 1. The van der Waals surface area contributed by atoms with Crippen molar-refractivity contribution >= 4 is 12.1 Å². The summed E-state index contributed by atoms with van der Waals surface area (Å²) in [5.41, 5.74) is 0. The van der Waals surface area contributed by atoms with Crippen LogP contribution in [0.4, 0.5) is 4.79 Å². The molecule has 5 heteroatoms. The van der Waals surface area contributed by atoms with Crippen molar-refractivity contribution in [1.82, 2.24) is 5.32 Å². The van der Waals surface area contributed by atoms with Crippen molar-refractivity contribution in [3.8, 4) is 0 Å². The van der Waals surface area contributed by atoms with Crippen LogP contribution in [0.2, 0.25) is 0 Å². The summed E-state index contributed by atoms with van der Waals surface area (Å²) in [6.45, 7) is 3.72. The van der Waals surface area contributed by atoms with Gasteiger partial charge < -0.3 is 14.8 Å². The van der Waals surface area contributed by atoms with Gasteiger partial charge >= 0.3 is 12.1 Å². The van der Waals surface area contributed by atoms with Gasteiger partial charge in [0, 0.05) is 6.54 Å². The third kappa shape index (κ3) is 5.56. The third-order valence-electron chi connectivity index (χ3n) is 2.78. The Bertz CT molecular complexity index is 249. The van der Waals surface area contributed by atoms with Crippen LogP contribution in [-0.2, 0) is 14.3 Å². The zero-order valence-corrected chi connectivity index (χ0v) is 10.1. The second-order valence-electron chi connectivity index (χ2n) is 4.13. The fourth-order valence-corrected chi connectivity index (χ4v) is 1.84. The molecule has 0 aromatic heterocycles. The van der Waals surface area contributed by atoms with Crippen LogP contribution in [0.15, 0.2) is 0 Å². The van der Waals surface area contributed by atoms with Gasteiger partial charge in [-0.3, -0.25) is 4.79 Å². The van der Waals surface area contributed by atoms with Crippen LogP contribution >= 0.6 is 0 Å². The molecule has 0 saturated heterocycles. The summed E-state index contributed by atoms with van der Waals surface area (Å²) >= 11 is 0. The van der Waals surface area contributed by atoms with E-state index >= 15 is 0 Å². The Morgan fingerprint density at radius 1 is 1.18 bits per heavy atom. The fraction of sp³-hybridized carbons (Fsp3) is 0.750. The van der Waals surface area contributed by atoms with E-state index in [1.165, 1.54) is 6.42 Å². The van der Waals surface area contributed by atoms with Crippen molar-refractivity contribution in [2.24, 2.45) is 5.92 Å². The van der Waals surface area contributed by atoms with Crippen LogP contribution in [0.1, 0.15) is 38.5 Å². The Labute approximate surface area is 102 Å². The fourth-order valence-electron chi connectivity index (χ4n) is 1.84. The van der Waals surface area contributed by atoms with E-state index in [0.717, 1.165) is 25.7 Å².